The van der Waals surface area contributed by atoms with Gasteiger partial charge in [-0.3, -0.25) is 14.4 Å². The van der Waals surface area contributed by atoms with Crippen molar-refractivity contribution in [3.8, 4) is 0 Å². The molecule has 1 unspecified atom stereocenters. The normalized spacial score (nSPS) is 12.3. The Morgan fingerprint density at radius 1 is 0.357 bits per heavy atom. The molecule has 0 spiro atoms. The minimum Gasteiger partial charge on any atom is -0.462 e. The average molecular weight is 787 g/mol. The summed E-state index contributed by atoms with van der Waals surface area (Å²) in [7, 11) is 0. The summed E-state index contributed by atoms with van der Waals surface area (Å²) in [5, 5.41) is 0. The number of hydrogen-bond acceptors (Lipinski definition) is 6. The predicted octanol–water partition coefficient (Wildman–Crippen LogP) is 15.4. The predicted molar refractivity (Wildman–Crippen MR) is 238 cm³/mol. The monoisotopic (exact) mass is 787 g/mol. The highest BCUT2D eigenvalue weighted by Crippen LogP contribution is 2.14. The van der Waals surface area contributed by atoms with Crippen LogP contribution < -0.4 is 0 Å². The van der Waals surface area contributed by atoms with E-state index in [9.17, 15) is 14.4 Å². The second-order valence-electron chi connectivity index (χ2n) is 16.0. The number of ether oxygens (including phenoxy) is 3. The Morgan fingerprint density at radius 2 is 0.679 bits per heavy atom. The van der Waals surface area contributed by atoms with Gasteiger partial charge in [-0.15, -0.1) is 0 Å². The number of hydrogen-bond donors (Lipinski definition) is 0. The molecule has 0 saturated heterocycles. The largest absolute Gasteiger partial charge is 0.462 e. The number of carbonyl (C=O) groups is 3. The maximum atomic E-state index is 12.7. The standard InChI is InChI=1S/C50H90O6/c1-4-7-10-13-16-19-22-25-28-31-34-37-40-43-49(52)55-46-47(45-54-48(51)42-39-36-33-30-27-24-21-18-15-12-9-6-3)56-50(53)44-41-38-35-32-29-26-23-20-17-14-11-8-5-2/h25-26,28-29,34,37,47H,4-24,27,30-33,35-36,38-46H2,1-3H3/b28-25-,29-26-,37-34-. The number of esters is 3. The topological polar surface area (TPSA) is 78.9 Å². The molecule has 0 aromatic rings. The van der Waals surface area contributed by atoms with Gasteiger partial charge >= 0.3 is 17.9 Å². The highest BCUT2D eigenvalue weighted by atomic mass is 16.6. The molecule has 56 heavy (non-hydrogen) atoms. The lowest BCUT2D eigenvalue weighted by molar-refractivity contribution is -0.166. The zero-order valence-corrected chi connectivity index (χ0v) is 37.2. The SMILES string of the molecule is CCCCCCCC/C=C\C/C=C\CCC(=O)OCC(COC(=O)CCCCCCCCCCCCCC)OC(=O)CCCCC/C=C\CCCCCCCC. The Hall–Kier alpha value is -2.37. The van der Waals surface area contributed by atoms with Crippen LogP contribution >= 0.6 is 0 Å². The van der Waals surface area contributed by atoms with E-state index in [0.717, 1.165) is 64.2 Å². The summed E-state index contributed by atoms with van der Waals surface area (Å²) >= 11 is 0. The Balaban J connectivity index is 4.45. The van der Waals surface area contributed by atoms with Crippen molar-refractivity contribution < 1.29 is 28.6 Å². The van der Waals surface area contributed by atoms with Gasteiger partial charge in [-0.05, 0) is 64.2 Å². The van der Waals surface area contributed by atoms with Crippen molar-refractivity contribution in [3.63, 3.8) is 0 Å². The van der Waals surface area contributed by atoms with E-state index in [0.29, 0.717) is 19.3 Å². The van der Waals surface area contributed by atoms with Gasteiger partial charge in [0.25, 0.3) is 0 Å². The highest BCUT2D eigenvalue weighted by Gasteiger charge is 2.19. The van der Waals surface area contributed by atoms with Crippen LogP contribution in [0.4, 0.5) is 0 Å². The van der Waals surface area contributed by atoms with Crippen LogP contribution in [0.1, 0.15) is 245 Å². The molecule has 0 saturated carbocycles. The Bertz CT molecular complexity index is 953. The Morgan fingerprint density at radius 3 is 1.12 bits per heavy atom. The summed E-state index contributed by atoms with van der Waals surface area (Å²) in [6.07, 6.45) is 51.4. The van der Waals surface area contributed by atoms with Crippen LogP contribution in [0.25, 0.3) is 0 Å². The third-order valence-electron chi connectivity index (χ3n) is 10.4. The second kappa shape index (κ2) is 45.3. The summed E-state index contributed by atoms with van der Waals surface area (Å²) in [5.74, 6) is -0.976. The van der Waals surface area contributed by atoms with Crippen LogP contribution in [0, 0.1) is 0 Å². The van der Waals surface area contributed by atoms with Crippen LogP contribution in [0.3, 0.4) is 0 Å². The third-order valence-corrected chi connectivity index (χ3v) is 10.4. The quantitative estimate of drug-likeness (QED) is 0.0265. The molecule has 0 radical (unpaired) electrons. The molecular formula is C50H90O6. The minimum absolute atomic E-state index is 0.0928. The number of carbonyl (C=O) groups excluding carboxylic acids is 3. The van der Waals surface area contributed by atoms with Gasteiger partial charge in [-0.1, -0.05) is 198 Å². The molecule has 6 heteroatoms. The zero-order valence-electron chi connectivity index (χ0n) is 37.2. The fourth-order valence-corrected chi connectivity index (χ4v) is 6.72. The van der Waals surface area contributed by atoms with Gasteiger partial charge in [0.15, 0.2) is 6.10 Å². The molecule has 0 bridgehead atoms. The number of rotatable bonds is 43. The van der Waals surface area contributed by atoms with Gasteiger partial charge in [0.05, 0.1) is 0 Å². The van der Waals surface area contributed by atoms with Gasteiger partial charge in [0, 0.05) is 19.3 Å². The van der Waals surface area contributed by atoms with Crippen LogP contribution in [0.5, 0.6) is 0 Å². The fraction of sp³-hybridized carbons (Fsp3) is 0.820. The van der Waals surface area contributed by atoms with E-state index < -0.39 is 6.10 Å². The van der Waals surface area contributed by atoms with Crippen molar-refractivity contribution in [2.75, 3.05) is 13.2 Å². The van der Waals surface area contributed by atoms with Gasteiger partial charge in [0.1, 0.15) is 13.2 Å². The van der Waals surface area contributed by atoms with E-state index >= 15 is 0 Å². The second-order valence-corrected chi connectivity index (χ2v) is 16.0. The highest BCUT2D eigenvalue weighted by molar-refractivity contribution is 5.71. The molecule has 0 fully saturated rings. The fourth-order valence-electron chi connectivity index (χ4n) is 6.72. The minimum atomic E-state index is -0.797. The van der Waals surface area contributed by atoms with Crippen LogP contribution in [0.2, 0.25) is 0 Å². The molecule has 0 aliphatic heterocycles. The van der Waals surface area contributed by atoms with E-state index in [1.165, 1.54) is 135 Å². The van der Waals surface area contributed by atoms with E-state index in [-0.39, 0.29) is 37.5 Å². The molecule has 0 aromatic carbocycles. The van der Waals surface area contributed by atoms with Crippen molar-refractivity contribution in [2.45, 2.75) is 252 Å². The van der Waals surface area contributed by atoms with Gasteiger partial charge in [0.2, 0.25) is 0 Å². The molecule has 0 rings (SSSR count). The number of allylic oxidation sites excluding steroid dienone is 6. The number of unbranched alkanes of at least 4 members (excludes halogenated alkanes) is 26. The summed E-state index contributed by atoms with van der Waals surface area (Å²) in [5.41, 5.74) is 0. The summed E-state index contributed by atoms with van der Waals surface area (Å²) in [6.45, 7) is 6.55. The van der Waals surface area contributed by atoms with E-state index in [1.54, 1.807) is 0 Å². The molecule has 0 aliphatic carbocycles. The van der Waals surface area contributed by atoms with E-state index in [4.69, 9.17) is 14.2 Å². The molecule has 1 atom stereocenters. The van der Waals surface area contributed by atoms with Crippen LogP contribution in [-0.4, -0.2) is 37.2 Å². The maximum absolute atomic E-state index is 12.7. The lowest BCUT2D eigenvalue weighted by atomic mass is 10.0. The van der Waals surface area contributed by atoms with Crippen molar-refractivity contribution in [1.29, 1.82) is 0 Å². The first-order valence-corrected chi connectivity index (χ1v) is 24.0. The molecule has 0 amide bonds. The average Bonchev–Trinajstić information content (AvgIpc) is 3.19. The van der Waals surface area contributed by atoms with Crippen LogP contribution in [-0.2, 0) is 28.6 Å². The van der Waals surface area contributed by atoms with Crippen LogP contribution in [0.15, 0.2) is 36.5 Å². The summed E-state index contributed by atoms with van der Waals surface area (Å²) in [6, 6.07) is 0. The molecular weight excluding hydrogens is 697 g/mol. The smallest absolute Gasteiger partial charge is 0.306 e. The molecule has 0 aromatic heterocycles. The molecule has 6 nitrogen and oxygen atoms in total. The third kappa shape index (κ3) is 42.8. The van der Waals surface area contributed by atoms with Gasteiger partial charge in [-0.2, -0.15) is 0 Å². The van der Waals surface area contributed by atoms with Crippen molar-refractivity contribution in [2.24, 2.45) is 0 Å². The van der Waals surface area contributed by atoms with Crippen molar-refractivity contribution in [3.05, 3.63) is 36.5 Å². The molecule has 0 N–H and O–H groups in total. The first-order valence-electron chi connectivity index (χ1n) is 24.0. The van der Waals surface area contributed by atoms with Crippen molar-refractivity contribution in [1.82, 2.24) is 0 Å². The summed E-state index contributed by atoms with van der Waals surface area (Å²) < 4.78 is 16.7. The lowest BCUT2D eigenvalue weighted by Crippen LogP contribution is -2.30. The first-order chi connectivity index (χ1) is 27.5. The zero-order chi connectivity index (χ0) is 40.8. The molecule has 0 aliphatic rings. The van der Waals surface area contributed by atoms with Gasteiger partial charge < -0.3 is 14.2 Å². The van der Waals surface area contributed by atoms with Crippen molar-refractivity contribution >= 4 is 17.9 Å². The van der Waals surface area contributed by atoms with E-state index in [2.05, 4.69) is 51.2 Å². The van der Waals surface area contributed by atoms with E-state index in [1.807, 2.05) is 6.08 Å². The molecule has 326 valence electrons. The maximum Gasteiger partial charge on any atom is 0.306 e. The Labute approximate surface area is 346 Å². The first kappa shape index (κ1) is 53.6. The molecule has 0 heterocycles. The lowest BCUT2D eigenvalue weighted by Gasteiger charge is -2.18. The Kier molecular flexibility index (Phi) is 43.4. The summed E-state index contributed by atoms with van der Waals surface area (Å²) in [4.78, 5) is 37.7. The van der Waals surface area contributed by atoms with Gasteiger partial charge in [-0.25, -0.2) is 0 Å².